The van der Waals surface area contributed by atoms with Gasteiger partial charge >= 0.3 is 0 Å². The van der Waals surface area contributed by atoms with Crippen molar-refractivity contribution in [1.82, 2.24) is 4.57 Å². The van der Waals surface area contributed by atoms with Crippen molar-refractivity contribution < 1.29 is 9.53 Å². The summed E-state index contributed by atoms with van der Waals surface area (Å²) < 4.78 is 7.21. The Morgan fingerprint density at radius 3 is 2.75 bits per heavy atom. The quantitative estimate of drug-likeness (QED) is 0.763. The molecule has 2 rings (SSSR count). The molecule has 1 aliphatic carbocycles. The van der Waals surface area contributed by atoms with Crippen molar-refractivity contribution in [2.45, 2.75) is 26.7 Å². The second-order valence-electron chi connectivity index (χ2n) is 4.17. The fourth-order valence-corrected chi connectivity index (χ4v) is 2.54. The van der Waals surface area contributed by atoms with Gasteiger partial charge in [0.15, 0.2) is 0 Å². The molecular weight excluding hydrogens is 202 g/mol. The molecule has 0 amide bonds. The molecule has 3 heteroatoms. The Morgan fingerprint density at radius 2 is 2.19 bits per heavy atom. The molecule has 0 N–H and O–H groups in total. The van der Waals surface area contributed by atoms with Crippen LogP contribution in [-0.2, 0) is 24.6 Å². The number of methoxy groups -OCH3 is 1. The van der Waals surface area contributed by atoms with Crippen LogP contribution in [0.2, 0.25) is 0 Å². The van der Waals surface area contributed by atoms with Crippen molar-refractivity contribution in [1.29, 1.82) is 0 Å². The van der Waals surface area contributed by atoms with Crippen LogP contribution in [0.1, 0.15) is 34.2 Å². The summed E-state index contributed by atoms with van der Waals surface area (Å²) in [7, 11) is 3.58. The third-order valence-electron chi connectivity index (χ3n) is 3.39. The molecule has 1 aromatic rings. The maximum absolute atomic E-state index is 12.0. The minimum Gasteiger partial charge on any atom is -0.501 e. The van der Waals surface area contributed by atoms with E-state index in [-0.39, 0.29) is 5.78 Å². The van der Waals surface area contributed by atoms with Gasteiger partial charge < -0.3 is 9.30 Å². The van der Waals surface area contributed by atoms with Crippen molar-refractivity contribution in [2.75, 3.05) is 7.11 Å². The number of fused-ring (bicyclic) bond motifs is 1. The fourth-order valence-electron chi connectivity index (χ4n) is 2.54. The first-order valence-corrected chi connectivity index (χ1v) is 5.56. The Hall–Kier alpha value is -1.51. The second kappa shape index (κ2) is 3.81. The molecule has 0 bridgehead atoms. The molecule has 1 aliphatic rings. The lowest BCUT2D eigenvalue weighted by molar-refractivity contribution is 0.102. The second-order valence-corrected chi connectivity index (χ2v) is 4.17. The maximum Gasteiger partial charge on any atom is 0.205 e. The number of nitrogens with zero attached hydrogens (tertiary/aromatic N) is 1. The number of hydrogen-bond donors (Lipinski definition) is 0. The minimum absolute atomic E-state index is 0.0587. The van der Waals surface area contributed by atoms with Crippen LogP contribution < -0.4 is 0 Å². The molecule has 3 nitrogen and oxygen atoms in total. The van der Waals surface area contributed by atoms with Gasteiger partial charge in [-0.3, -0.25) is 4.79 Å². The Morgan fingerprint density at radius 1 is 1.50 bits per heavy atom. The van der Waals surface area contributed by atoms with Crippen molar-refractivity contribution >= 4 is 5.78 Å². The molecule has 1 heterocycles. The number of aromatic nitrogens is 1. The molecule has 0 saturated heterocycles. The normalized spacial score (nSPS) is 14.8. The molecule has 0 atom stereocenters. The Bertz CT molecular complexity index is 481. The van der Waals surface area contributed by atoms with Crippen LogP contribution in [0.5, 0.6) is 0 Å². The van der Waals surface area contributed by atoms with E-state index < -0.39 is 0 Å². The lowest BCUT2D eigenvalue weighted by Gasteiger charge is -2.13. The molecular formula is C13H17NO2. The van der Waals surface area contributed by atoms with Crippen LogP contribution in [0.15, 0.2) is 11.8 Å². The number of allylic oxidation sites excluding steroid dienone is 2. The summed E-state index contributed by atoms with van der Waals surface area (Å²) in [5.74, 6) is 0.817. The highest BCUT2D eigenvalue weighted by Gasteiger charge is 2.26. The third-order valence-corrected chi connectivity index (χ3v) is 3.39. The largest absolute Gasteiger partial charge is 0.501 e. The average Bonchev–Trinajstić information content (AvgIpc) is 2.51. The lowest BCUT2D eigenvalue weighted by Crippen LogP contribution is -2.14. The molecule has 86 valence electrons. The van der Waals surface area contributed by atoms with E-state index in [2.05, 4.69) is 13.8 Å². The van der Waals surface area contributed by atoms with E-state index in [0.717, 1.165) is 29.9 Å². The molecule has 1 aromatic heterocycles. The molecule has 0 spiro atoms. The van der Waals surface area contributed by atoms with E-state index in [1.54, 1.807) is 13.2 Å². The van der Waals surface area contributed by atoms with Gasteiger partial charge in [0.25, 0.3) is 0 Å². The predicted octanol–water partition coefficient (Wildman–Crippen LogP) is 2.17. The molecule has 16 heavy (non-hydrogen) atoms. The van der Waals surface area contributed by atoms with E-state index in [0.29, 0.717) is 0 Å². The summed E-state index contributed by atoms with van der Waals surface area (Å²) in [4.78, 5) is 12.0. The minimum atomic E-state index is 0.0587. The van der Waals surface area contributed by atoms with Gasteiger partial charge in [0, 0.05) is 25.2 Å². The SMILES string of the molecule is CCc1c(C)c2c(n1C)C(=O)C=C(OC)C2. The Balaban J connectivity index is 2.60. The summed E-state index contributed by atoms with van der Waals surface area (Å²) in [5, 5.41) is 0. The summed E-state index contributed by atoms with van der Waals surface area (Å²) in [6.45, 7) is 4.20. The van der Waals surface area contributed by atoms with E-state index in [9.17, 15) is 4.79 Å². The first-order chi connectivity index (χ1) is 7.60. The van der Waals surface area contributed by atoms with Crippen LogP contribution in [0.4, 0.5) is 0 Å². The number of ketones is 1. The number of carbonyl (C=O) groups is 1. The highest BCUT2D eigenvalue weighted by Crippen LogP contribution is 2.29. The van der Waals surface area contributed by atoms with Gasteiger partial charge in [-0.25, -0.2) is 0 Å². The lowest BCUT2D eigenvalue weighted by atomic mass is 9.98. The van der Waals surface area contributed by atoms with Crippen molar-refractivity contribution in [3.05, 3.63) is 34.3 Å². The predicted molar refractivity (Wildman–Crippen MR) is 62.7 cm³/mol. The molecule has 0 radical (unpaired) electrons. The smallest absolute Gasteiger partial charge is 0.205 e. The number of rotatable bonds is 2. The average molecular weight is 219 g/mol. The van der Waals surface area contributed by atoms with Gasteiger partial charge in [0.2, 0.25) is 5.78 Å². The first kappa shape index (κ1) is 11.0. The van der Waals surface area contributed by atoms with Crippen LogP contribution in [0.25, 0.3) is 0 Å². The zero-order chi connectivity index (χ0) is 11.9. The maximum atomic E-state index is 12.0. The van der Waals surface area contributed by atoms with Gasteiger partial charge in [-0.15, -0.1) is 0 Å². The molecule has 0 unspecified atom stereocenters. The zero-order valence-corrected chi connectivity index (χ0v) is 10.3. The van der Waals surface area contributed by atoms with Crippen molar-refractivity contribution in [3.8, 4) is 0 Å². The van der Waals surface area contributed by atoms with Crippen LogP contribution in [0.3, 0.4) is 0 Å². The van der Waals surface area contributed by atoms with Gasteiger partial charge in [0.1, 0.15) is 5.76 Å². The zero-order valence-electron chi connectivity index (χ0n) is 10.3. The van der Waals surface area contributed by atoms with Crippen LogP contribution in [-0.4, -0.2) is 17.5 Å². The van der Waals surface area contributed by atoms with Gasteiger partial charge in [-0.1, -0.05) is 6.92 Å². The van der Waals surface area contributed by atoms with Crippen molar-refractivity contribution in [3.63, 3.8) is 0 Å². The highest BCUT2D eigenvalue weighted by molar-refractivity contribution is 6.06. The van der Waals surface area contributed by atoms with E-state index in [1.807, 2.05) is 11.6 Å². The van der Waals surface area contributed by atoms with Gasteiger partial charge in [-0.05, 0) is 24.5 Å². The molecule has 0 aromatic carbocycles. The highest BCUT2D eigenvalue weighted by atomic mass is 16.5. The fraction of sp³-hybridized carbons (Fsp3) is 0.462. The van der Waals surface area contributed by atoms with Gasteiger partial charge in [0.05, 0.1) is 12.8 Å². The third kappa shape index (κ3) is 1.39. The number of ether oxygens (including phenoxy) is 1. The summed E-state index contributed by atoms with van der Waals surface area (Å²) >= 11 is 0. The number of carbonyl (C=O) groups excluding carboxylic acids is 1. The monoisotopic (exact) mass is 219 g/mol. The summed E-state index contributed by atoms with van der Waals surface area (Å²) in [6, 6.07) is 0. The molecule has 0 fully saturated rings. The Labute approximate surface area is 95.7 Å². The molecule has 0 aliphatic heterocycles. The van der Waals surface area contributed by atoms with Crippen molar-refractivity contribution in [2.24, 2.45) is 7.05 Å². The van der Waals surface area contributed by atoms with Gasteiger partial charge in [-0.2, -0.15) is 0 Å². The topological polar surface area (TPSA) is 31.2 Å². The van der Waals surface area contributed by atoms with Crippen LogP contribution in [0, 0.1) is 6.92 Å². The number of hydrogen-bond acceptors (Lipinski definition) is 2. The van der Waals surface area contributed by atoms with E-state index in [4.69, 9.17) is 4.74 Å². The van der Waals surface area contributed by atoms with E-state index in [1.165, 1.54) is 11.3 Å². The first-order valence-electron chi connectivity index (χ1n) is 5.56. The summed E-state index contributed by atoms with van der Waals surface area (Å²) in [6.07, 6.45) is 3.28. The Kier molecular flexibility index (Phi) is 2.62. The standard InChI is InChI=1S/C13H17NO2/c1-5-11-8(2)10-6-9(16-4)7-12(15)13(10)14(11)3/h7H,5-6H2,1-4H3. The summed E-state index contributed by atoms with van der Waals surface area (Å²) in [5.41, 5.74) is 4.43. The molecule has 0 saturated carbocycles. The van der Waals surface area contributed by atoms with Crippen LogP contribution >= 0.6 is 0 Å². The van der Waals surface area contributed by atoms with E-state index >= 15 is 0 Å².